The minimum atomic E-state index is -4.63. The molecule has 0 heterocycles. The molecule has 0 aliphatic rings. The fraction of sp³-hybridized carbons (Fsp3) is 0.632. The SMILES string of the molecule is CC/C=C\C/C=C\C/C=C\C/C=C\C/C=C\C/C=C\CCC(=O)OC(COC(=O)CCCCCCC)COP(=O)([O-])OCC[N+](C)(C)C. The third kappa shape index (κ3) is 33.4. The standard InChI is InChI=1S/C38H64NO8P/c1-6-8-10-12-13-14-15-16-17-18-19-20-21-22-23-24-25-27-29-31-38(41)47-36(34-44-37(40)30-28-26-11-9-7-2)35-46-48(42,43)45-33-32-39(3,4)5/h8,10,13-14,16-17,19-20,22-23,25,27,36H,6-7,9,11-12,15,18,21,24,26,28-35H2,1-5H3/b10-8-,14-13-,17-16-,20-19-,23-22-,27-25-. The van der Waals surface area contributed by atoms with Crippen LogP contribution in [-0.2, 0) is 32.7 Å². The van der Waals surface area contributed by atoms with Gasteiger partial charge in [-0.05, 0) is 51.4 Å². The number of carbonyl (C=O) groups is 2. The molecule has 0 radical (unpaired) electrons. The molecule has 0 aromatic carbocycles. The summed E-state index contributed by atoms with van der Waals surface area (Å²) in [5.41, 5.74) is 0. The highest BCUT2D eigenvalue weighted by atomic mass is 31.2. The van der Waals surface area contributed by atoms with E-state index in [0.29, 0.717) is 23.9 Å². The molecule has 0 fully saturated rings. The van der Waals surface area contributed by atoms with Crippen molar-refractivity contribution >= 4 is 19.8 Å². The first-order valence-electron chi connectivity index (χ1n) is 17.6. The molecule has 0 aliphatic heterocycles. The van der Waals surface area contributed by atoms with Crippen LogP contribution in [-0.4, -0.2) is 70.0 Å². The third-order valence-electron chi connectivity index (χ3n) is 6.75. The average molecular weight is 694 g/mol. The van der Waals surface area contributed by atoms with Crippen molar-refractivity contribution in [1.82, 2.24) is 0 Å². The third-order valence-corrected chi connectivity index (χ3v) is 7.72. The summed E-state index contributed by atoms with van der Waals surface area (Å²) in [6.07, 6.45) is 35.7. The molecule has 0 aromatic heterocycles. The molecule has 2 atom stereocenters. The van der Waals surface area contributed by atoms with Gasteiger partial charge in [0.2, 0.25) is 0 Å². The van der Waals surface area contributed by atoms with Crippen molar-refractivity contribution in [1.29, 1.82) is 0 Å². The predicted octanol–water partition coefficient (Wildman–Crippen LogP) is 8.49. The summed E-state index contributed by atoms with van der Waals surface area (Å²) in [6.45, 7) is 3.87. The van der Waals surface area contributed by atoms with Crippen LogP contribution < -0.4 is 4.89 Å². The van der Waals surface area contributed by atoms with E-state index in [-0.39, 0.29) is 26.1 Å². The zero-order chi connectivity index (χ0) is 35.8. The first-order chi connectivity index (χ1) is 23.0. The number of likely N-dealkylation sites (N-methyl/N-ethyl adjacent to an activating group) is 1. The zero-order valence-electron chi connectivity index (χ0n) is 30.4. The summed E-state index contributed by atoms with van der Waals surface area (Å²) in [5, 5.41) is 0. The second kappa shape index (κ2) is 30.5. The Kier molecular flexibility index (Phi) is 28.9. The maximum atomic E-state index is 12.5. The average Bonchev–Trinajstić information content (AvgIpc) is 3.02. The van der Waals surface area contributed by atoms with E-state index in [0.717, 1.165) is 64.2 Å². The van der Waals surface area contributed by atoms with Crippen LogP contribution in [0.4, 0.5) is 0 Å². The minimum Gasteiger partial charge on any atom is -0.756 e. The van der Waals surface area contributed by atoms with Crippen LogP contribution >= 0.6 is 7.82 Å². The highest BCUT2D eigenvalue weighted by Crippen LogP contribution is 2.38. The summed E-state index contributed by atoms with van der Waals surface area (Å²) in [6, 6.07) is 0. The summed E-state index contributed by atoms with van der Waals surface area (Å²) in [4.78, 5) is 36.9. The number of rotatable bonds is 30. The lowest BCUT2D eigenvalue weighted by Crippen LogP contribution is -2.37. The maximum absolute atomic E-state index is 12.5. The summed E-state index contributed by atoms with van der Waals surface area (Å²) < 4.78 is 33.4. The summed E-state index contributed by atoms with van der Waals surface area (Å²) >= 11 is 0. The van der Waals surface area contributed by atoms with Gasteiger partial charge < -0.3 is 27.9 Å². The van der Waals surface area contributed by atoms with Crippen LogP contribution in [0.25, 0.3) is 0 Å². The second-order valence-electron chi connectivity index (χ2n) is 12.5. The number of hydrogen-bond acceptors (Lipinski definition) is 8. The Bertz CT molecular complexity index is 1060. The lowest BCUT2D eigenvalue weighted by Gasteiger charge is -2.28. The molecule has 274 valence electrons. The second-order valence-corrected chi connectivity index (χ2v) is 13.9. The molecular weight excluding hydrogens is 629 g/mol. The van der Waals surface area contributed by atoms with Gasteiger partial charge in [0.1, 0.15) is 19.8 Å². The van der Waals surface area contributed by atoms with Crippen LogP contribution in [0, 0.1) is 0 Å². The number of phosphoric acid groups is 1. The number of esters is 2. The zero-order valence-corrected chi connectivity index (χ0v) is 31.3. The van der Waals surface area contributed by atoms with Gasteiger partial charge in [0.25, 0.3) is 7.82 Å². The predicted molar refractivity (Wildman–Crippen MR) is 194 cm³/mol. The van der Waals surface area contributed by atoms with E-state index in [1.165, 1.54) is 0 Å². The van der Waals surface area contributed by atoms with E-state index in [9.17, 15) is 19.0 Å². The molecule has 9 nitrogen and oxygen atoms in total. The number of quaternary nitrogens is 1. The van der Waals surface area contributed by atoms with Gasteiger partial charge >= 0.3 is 11.9 Å². The van der Waals surface area contributed by atoms with Gasteiger partial charge in [0.15, 0.2) is 6.10 Å². The topological polar surface area (TPSA) is 111 Å². The smallest absolute Gasteiger partial charge is 0.306 e. The lowest BCUT2D eigenvalue weighted by molar-refractivity contribution is -0.870. The molecule has 10 heteroatoms. The van der Waals surface area contributed by atoms with Crippen molar-refractivity contribution in [2.24, 2.45) is 0 Å². The molecule has 0 aliphatic carbocycles. The van der Waals surface area contributed by atoms with Crippen LogP contribution in [0.1, 0.15) is 104 Å². The summed E-state index contributed by atoms with van der Waals surface area (Å²) in [5.74, 6) is -0.958. The number of carbonyl (C=O) groups excluding carboxylic acids is 2. The lowest BCUT2D eigenvalue weighted by atomic mass is 10.1. The minimum absolute atomic E-state index is 0.0479. The first-order valence-corrected chi connectivity index (χ1v) is 19.1. The molecule has 0 rings (SSSR count). The number of hydrogen-bond donors (Lipinski definition) is 0. The Balaban J connectivity index is 4.52. The van der Waals surface area contributed by atoms with Gasteiger partial charge in [-0.1, -0.05) is 112 Å². The van der Waals surface area contributed by atoms with E-state index in [4.69, 9.17) is 18.5 Å². The van der Waals surface area contributed by atoms with Crippen LogP contribution in [0.3, 0.4) is 0 Å². The molecule has 0 bridgehead atoms. The molecule has 0 N–H and O–H groups in total. The van der Waals surface area contributed by atoms with Crippen molar-refractivity contribution in [3.8, 4) is 0 Å². The summed E-state index contributed by atoms with van der Waals surface area (Å²) in [7, 11) is 1.10. The number of nitrogens with zero attached hydrogens (tertiary/aromatic N) is 1. The van der Waals surface area contributed by atoms with Crippen molar-refractivity contribution < 1.29 is 42.1 Å². The van der Waals surface area contributed by atoms with Gasteiger partial charge in [-0.15, -0.1) is 0 Å². The van der Waals surface area contributed by atoms with Crippen molar-refractivity contribution in [2.45, 2.75) is 110 Å². The normalized spacial score (nSPS) is 14.7. The molecule has 48 heavy (non-hydrogen) atoms. The Morgan fingerprint density at radius 1 is 0.667 bits per heavy atom. The highest BCUT2D eigenvalue weighted by molar-refractivity contribution is 7.45. The van der Waals surface area contributed by atoms with Crippen LogP contribution in [0.15, 0.2) is 72.9 Å². The van der Waals surface area contributed by atoms with E-state index < -0.39 is 32.5 Å². The van der Waals surface area contributed by atoms with Crippen molar-refractivity contribution in [3.63, 3.8) is 0 Å². The number of phosphoric ester groups is 1. The Morgan fingerprint density at radius 2 is 1.19 bits per heavy atom. The maximum Gasteiger partial charge on any atom is 0.306 e. The molecule has 2 unspecified atom stereocenters. The van der Waals surface area contributed by atoms with Gasteiger partial charge in [-0.3, -0.25) is 14.2 Å². The number of ether oxygens (including phenoxy) is 2. The molecule has 0 amide bonds. The Labute approximate surface area is 291 Å². The first kappa shape index (κ1) is 45.5. The van der Waals surface area contributed by atoms with E-state index in [1.807, 2.05) is 33.3 Å². The van der Waals surface area contributed by atoms with Crippen LogP contribution in [0.5, 0.6) is 0 Å². The molecule has 0 saturated carbocycles. The molecule has 0 spiro atoms. The van der Waals surface area contributed by atoms with E-state index in [2.05, 4.69) is 74.6 Å². The number of allylic oxidation sites excluding steroid dienone is 12. The van der Waals surface area contributed by atoms with E-state index >= 15 is 0 Å². The fourth-order valence-corrected chi connectivity index (χ4v) is 4.70. The molecular formula is C38H64NO8P. The van der Waals surface area contributed by atoms with Gasteiger partial charge in [-0.25, -0.2) is 0 Å². The molecule has 0 aromatic rings. The van der Waals surface area contributed by atoms with Crippen molar-refractivity contribution in [2.75, 3.05) is 47.5 Å². The van der Waals surface area contributed by atoms with E-state index in [1.54, 1.807) is 0 Å². The van der Waals surface area contributed by atoms with Crippen LogP contribution in [0.2, 0.25) is 0 Å². The monoisotopic (exact) mass is 693 g/mol. The quantitative estimate of drug-likeness (QED) is 0.0242. The van der Waals surface area contributed by atoms with Crippen molar-refractivity contribution in [3.05, 3.63) is 72.9 Å². The van der Waals surface area contributed by atoms with Gasteiger partial charge in [0, 0.05) is 12.8 Å². The highest BCUT2D eigenvalue weighted by Gasteiger charge is 2.21. The molecule has 0 saturated heterocycles. The van der Waals surface area contributed by atoms with Gasteiger partial charge in [0.05, 0.1) is 27.7 Å². The largest absolute Gasteiger partial charge is 0.756 e. The number of unbranched alkanes of at least 4 members (excludes halogenated alkanes) is 4. The Morgan fingerprint density at radius 3 is 1.71 bits per heavy atom. The van der Waals surface area contributed by atoms with Gasteiger partial charge in [-0.2, -0.15) is 0 Å². The Hall–Kier alpha value is -2.55. The fourth-order valence-electron chi connectivity index (χ4n) is 3.97.